The first-order valence-electron chi connectivity index (χ1n) is 5.76. The molecule has 0 fully saturated rings. The van der Waals surface area contributed by atoms with E-state index in [9.17, 15) is 4.39 Å². The van der Waals surface area contributed by atoms with Crippen LogP contribution in [0.15, 0.2) is 54.9 Å². The number of anilines is 1. The van der Waals surface area contributed by atoms with Gasteiger partial charge in [0.1, 0.15) is 11.5 Å². The van der Waals surface area contributed by atoms with E-state index in [-0.39, 0.29) is 5.82 Å². The van der Waals surface area contributed by atoms with Gasteiger partial charge in [0.25, 0.3) is 0 Å². The van der Waals surface area contributed by atoms with Crippen LogP contribution in [0.3, 0.4) is 0 Å². The highest BCUT2D eigenvalue weighted by Gasteiger charge is 2.10. The third-order valence-corrected chi connectivity index (χ3v) is 2.72. The molecule has 5 heteroatoms. The van der Waals surface area contributed by atoms with Crippen LogP contribution in [0, 0.1) is 5.82 Å². The Hall–Kier alpha value is -2.69. The second-order valence-corrected chi connectivity index (χ2v) is 4.08. The molecule has 0 aliphatic rings. The van der Waals surface area contributed by atoms with Crippen molar-refractivity contribution in [2.45, 2.75) is 0 Å². The van der Waals surface area contributed by atoms with Gasteiger partial charge in [-0.1, -0.05) is 18.2 Å². The first-order valence-corrected chi connectivity index (χ1v) is 5.76. The number of benzene rings is 1. The maximum Gasteiger partial charge on any atom is 0.153 e. The second-order valence-electron chi connectivity index (χ2n) is 4.08. The predicted molar refractivity (Wildman–Crippen MR) is 71.2 cm³/mol. The van der Waals surface area contributed by atoms with Crippen LogP contribution < -0.4 is 5.73 Å². The number of nitrogen functional groups attached to an aromatic ring is 1. The molecule has 0 saturated heterocycles. The molecular formula is C14H11FN4. The first-order chi connectivity index (χ1) is 9.24. The molecule has 3 aromatic rings. The summed E-state index contributed by atoms with van der Waals surface area (Å²) in [6.07, 6.45) is 3.34. The van der Waals surface area contributed by atoms with E-state index >= 15 is 0 Å². The summed E-state index contributed by atoms with van der Waals surface area (Å²) < 4.78 is 14.8. The SMILES string of the molecule is Nc1cn(-c2ccccn2)nc1-c1cccc(F)c1. The van der Waals surface area contributed by atoms with E-state index in [4.69, 9.17) is 5.73 Å². The molecule has 3 rings (SSSR count). The Morgan fingerprint density at radius 3 is 2.74 bits per heavy atom. The van der Waals surface area contributed by atoms with Crippen LogP contribution >= 0.6 is 0 Å². The van der Waals surface area contributed by atoms with Gasteiger partial charge in [0, 0.05) is 11.8 Å². The summed E-state index contributed by atoms with van der Waals surface area (Å²) in [5.41, 5.74) is 7.60. The predicted octanol–water partition coefficient (Wildman–Crippen LogP) is 2.66. The third-order valence-electron chi connectivity index (χ3n) is 2.72. The van der Waals surface area contributed by atoms with E-state index in [2.05, 4.69) is 10.1 Å². The molecule has 0 aliphatic carbocycles. The topological polar surface area (TPSA) is 56.7 Å². The van der Waals surface area contributed by atoms with Gasteiger partial charge in [-0.15, -0.1) is 0 Å². The Balaban J connectivity index is 2.08. The van der Waals surface area contributed by atoms with Gasteiger partial charge in [0.05, 0.1) is 11.9 Å². The lowest BCUT2D eigenvalue weighted by Crippen LogP contribution is -1.97. The van der Waals surface area contributed by atoms with Crippen molar-refractivity contribution in [3.05, 3.63) is 60.7 Å². The van der Waals surface area contributed by atoms with Gasteiger partial charge >= 0.3 is 0 Å². The summed E-state index contributed by atoms with van der Waals surface area (Å²) in [5, 5.41) is 4.35. The van der Waals surface area contributed by atoms with E-state index < -0.39 is 0 Å². The van der Waals surface area contributed by atoms with E-state index in [0.717, 1.165) is 0 Å². The molecule has 94 valence electrons. The molecule has 0 aliphatic heterocycles. The third kappa shape index (κ3) is 2.18. The number of hydrogen-bond acceptors (Lipinski definition) is 3. The molecule has 0 bridgehead atoms. The Morgan fingerprint density at radius 2 is 2.00 bits per heavy atom. The molecule has 0 unspecified atom stereocenters. The largest absolute Gasteiger partial charge is 0.396 e. The van der Waals surface area contributed by atoms with Gasteiger partial charge in [0.15, 0.2) is 5.82 Å². The molecule has 2 N–H and O–H groups in total. The van der Waals surface area contributed by atoms with E-state index in [1.54, 1.807) is 29.2 Å². The minimum absolute atomic E-state index is 0.315. The monoisotopic (exact) mass is 254 g/mol. The van der Waals surface area contributed by atoms with Gasteiger partial charge in [-0.2, -0.15) is 5.10 Å². The lowest BCUT2D eigenvalue weighted by atomic mass is 10.1. The normalized spacial score (nSPS) is 10.6. The summed E-state index contributed by atoms with van der Waals surface area (Å²) in [5.74, 6) is 0.348. The number of nitrogens with two attached hydrogens (primary N) is 1. The first kappa shape index (κ1) is 11.4. The van der Waals surface area contributed by atoms with Crippen molar-refractivity contribution in [2.24, 2.45) is 0 Å². The van der Waals surface area contributed by atoms with Crippen molar-refractivity contribution in [3.8, 4) is 17.1 Å². The maximum atomic E-state index is 13.2. The molecule has 4 nitrogen and oxygen atoms in total. The lowest BCUT2D eigenvalue weighted by molar-refractivity contribution is 0.628. The quantitative estimate of drug-likeness (QED) is 0.764. The van der Waals surface area contributed by atoms with Crippen LogP contribution in [-0.4, -0.2) is 14.8 Å². The van der Waals surface area contributed by atoms with Gasteiger partial charge in [0.2, 0.25) is 0 Å². The fourth-order valence-electron chi connectivity index (χ4n) is 1.85. The highest BCUT2D eigenvalue weighted by molar-refractivity contribution is 5.72. The molecule has 0 spiro atoms. The van der Waals surface area contributed by atoms with Crippen LogP contribution in [0.5, 0.6) is 0 Å². The second kappa shape index (κ2) is 4.53. The molecule has 2 heterocycles. The standard InChI is InChI=1S/C14H11FN4/c15-11-5-3-4-10(8-11)14-12(16)9-19(18-14)13-6-1-2-7-17-13/h1-9H,16H2. The molecular weight excluding hydrogens is 243 g/mol. The number of halogens is 1. The highest BCUT2D eigenvalue weighted by atomic mass is 19.1. The van der Waals surface area contributed by atoms with Crippen molar-refractivity contribution in [2.75, 3.05) is 5.73 Å². The summed E-state index contributed by atoms with van der Waals surface area (Å²) in [6.45, 7) is 0. The number of nitrogens with zero attached hydrogens (tertiary/aromatic N) is 3. The maximum absolute atomic E-state index is 13.2. The fraction of sp³-hybridized carbons (Fsp3) is 0. The Labute approximate surface area is 109 Å². The summed E-state index contributed by atoms with van der Waals surface area (Å²) in [7, 11) is 0. The van der Waals surface area contributed by atoms with Crippen molar-refractivity contribution in [3.63, 3.8) is 0 Å². The Bertz CT molecular complexity index is 706. The number of rotatable bonds is 2. The van der Waals surface area contributed by atoms with Crippen LogP contribution in [0.4, 0.5) is 10.1 Å². The molecule has 2 aromatic heterocycles. The molecule has 0 atom stereocenters. The number of hydrogen-bond donors (Lipinski definition) is 1. The minimum Gasteiger partial charge on any atom is -0.396 e. The summed E-state index contributed by atoms with van der Waals surface area (Å²) >= 11 is 0. The van der Waals surface area contributed by atoms with Crippen molar-refractivity contribution in [1.29, 1.82) is 0 Å². The average molecular weight is 254 g/mol. The summed E-state index contributed by atoms with van der Waals surface area (Å²) in [6, 6.07) is 11.7. The van der Waals surface area contributed by atoms with E-state index in [0.29, 0.717) is 22.8 Å². The van der Waals surface area contributed by atoms with Gasteiger partial charge in [-0.25, -0.2) is 14.1 Å². The zero-order valence-corrected chi connectivity index (χ0v) is 9.99. The van der Waals surface area contributed by atoms with Crippen LogP contribution in [-0.2, 0) is 0 Å². The molecule has 1 aromatic carbocycles. The van der Waals surface area contributed by atoms with Crippen LogP contribution in [0.25, 0.3) is 17.1 Å². The summed E-state index contributed by atoms with van der Waals surface area (Å²) in [4.78, 5) is 4.19. The Morgan fingerprint density at radius 1 is 1.11 bits per heavy atom. The Kier molecular flexibility index (Phi) is 2.72. The van der Waals surface area contributed by atoms with Crippen LogP contribution in [0.2, 0.25) is 0 Å². The molecule has 19 heavy (non-hydrogen) atoms. The van der Waals surface area contributed by atoms with E-state index in [1.807, 2.05) is 18.2 Å². The van der Waals surface area contributed by atoms with Gasteiger partial charge < -0.3 is 5.73 Å². The highest BCUT2D eigenvalue weighted by Crippen LogP contribution is 2.25. The fourth-order valence-corrected chi connectivity index (χ4v) is 1.85. The zero-order valence-electron chi connectivity index (χ0n) is 9.99. The van der Waals surface area contributed by atoms with Gasteiger partial charge in [-0.05, 0) is 24.3 Å². The van der Waals surface area contributed by atoms with Crippen molar-refractivity contribution < 1.29 is 4.39 Å². The van der Waals surface area contributed by atoms with Crippen LogP contribution in [0.1, 0.15) is 0 Å². The number of pyridine rings is 1. The van der Waals surface area contributed by atoms with E-state index in [1.165, 1.54) is 12.1 Å². The minimum atomic E-state index is -0.315. The number of aromatic nitrogens is 3. The zero-order chi connectivity index (χ0) is 13.2. The molecule has 0 radical (unpaired) electrons. The molecule has 0 amide bonds. The van der Waals surface area contributed by atoms with Crippen molar-refractivity contribution >= 4 is 5.69 Å². The smallest absolute Gasteiger partial charge is 0.153 e. The average Bonchev–Trinajstić information content (AvgIpc) is 2.82. The molecule has 0 saturated carbocycles. The lowest BCUT2D eigenvalue weighted by Gasteiger charge is -1.99. The van der Waals surface area contributed by atoms with Gasteiger partial charge in [-0.3, -0.25) is 0 Å². The van der Waals surface area contributed by atoms with Crippen molar-refractivity contribution in [1.82, 2.24) is 14.8 Å².